The van der Waals surface area contributed by atoms with Crippen LogP contribution in [-0.4, -0.2) is 21.0 Å². The highest BCUT2D eigenvalue weighted by Crippen LogP contribution is 2.24. The first-order valence-electron chi connectivity index (χ1n) is 5.41. The van der Waals surface area contributed by atoms with Gasteiger partial charge in [-0.3, -0.25) is 0 Å². The Balaban J connectivity index is 2.82. The van der Waals surface area contributed by atoms with E-state index in [1.807, 2.05) is 19.1 Å². The van der Waals surface area contributed by atoms with Gasteiger partial charge in [-0.1, -0.05) is 24.3 Å². The fourth-order valence-electron chi connectivity index (χ4n) is 1.88. The van der Waals surface area contributed by atoms with Crippen LogP contribution in [0.2, 0.25) is 0 Å². The van der Waals surface area contributed by atoms with Gasteiger partial charge in [0.2, 0.25) is 0 Å². The molecule has 2 rings (SSSR count). The smallest absolute Gasteiger partial charge is 0.345 e. The van der Waals surface area contributed by atoms with Crippen molar-refractivity contribution in [1.29, 1.82) is 0 Å². The minimum Gasteiger partial charge on any atom is -0.478 e. The fraction of sp³-hybridized carbons (Fsp3) is 0.154. The second kappa shape index (κ2) is 4.44. The second-order valence-corrected chi connectivity index (χ2v) is 4.01. The van der Waals surface area contributed by atoms with E-state index in [0.29, 0.717) is 11.3 Å². The number of benzene rings is 1. The summed E-state index contributed by atoms with van der Waals surface area (Å²) in [5.41, 5.74) is 1.53. The van der Waals surface area contributed by atoms with Crippen molar-refractivity contribution < 1.29 is 9.90 Å². The Morgan fingerprint density at radius 3 is 2.56 bits per heavy atom. The number of nitrogens with one attached hydrogen (secondary N) is 1. The molecule has 0 aliphatic heterocycles. The number of aromatic nitrogens is 2. The average molecular weight is 244 g/mol. The molecule has 0 bridgehead atoms. The maximum Gasteiger partial charge on any atom is 0.345 e. The highest BCUT2D eigenvalue weighted by atomic mass is 16.4. The molecule has 5 nitrogen and oxygen atoms in total. The van der Waals surface area contributed by atoms with Gasteiger partial charge in [0.25, 0.3) is 0 Å². The van der Waals surface area contributed by atoms with Crippen LogP contribution in [0.4, 0.5) is 0 Å². The molecule has 2 N–H and O–H groups in total. The summed E-state index contributed by atoms with van der Waals surface area (Å²) in [4.78, 5) is 28.9. The molecular weight excluding hydrogens is 232 g/mol. The number of carbonyl (C=O) groups is 1. The first-order valence-corrected chi connectivity index (χ1v) is 5.41. The van der Waals surface area contributed by atoms with E-state index in [0.717, 1.165) is 5.56 Å². The Hall–Kier alpha value is -2.43. The third-order valence-electron chi connectivity index (χ3n) is 2.73. The van der Waals surface area contributed by atoms with Gasteiger partial charge in [0, 0.05) is 11.3 Å². The van der Waals surface area contributed by atoms with Crippen LogP contribution in [0, 0.1) is 13.8 Å². The van der Waals surface area contributed by atoms with Gasteiger partial charge in [0.1, 0.15) is 5.56 Å². The molecule has 0 spiro atoms. The largest absolute Gasteiger partial charge is 0.478 e. The SMILES string of the molecule is Cc1ccccc1-c1nc(=O)[nH]c(C)c1C(=O)O. The third kappa shape index (κ3) is 2.02. The number of carboxylic acid groups (broad SMARTS) is 1. The van der Waals surface area contributed by atoms with Crippen LogP contribution in [0.25, 0.3) is 11.3 Å². The summed E-state index contributed by atoms with van der Waals surface area (Å²) in [7, 11) is 0. The molecule has 1 aromatic heterocycles. The molecule has 0 radical (unpaired) electrons. The van der Waals surface area contributed by atoms with Crippen LogP contribution >= 0.6 is 0 Å². The predicted molar refractivity (Wildman–Crippen MR) is 66.7 cm³/mol. The highest BCUT2D eigenvalue weighted by molar-refractivity contribution is 5.96. The first-order chi connectivity index (χ1) is 8.50. The van der Waals surface area contributed by atoms with E-state index in [9.17, 15) is 14.7 Å². The van der Waals surface area contributed by atoms with Crippen LogP contribution in [0.5, 0.6) is 0 Å². The number of hydrogen-bond donors (Lipinski definition) is 2. The lowest BCUT2D eigenvalue weighted by Crippen LogP contribution is -2.18. The molecular formula is C13H12N2O3. The Kier molecular flexibility index (Phi) is 2.97. The lowest BCUT2D eigenvalue weighted by molar-refractivity contribution is 0.0696. The summed E-state index contributed by atoms with van der Waals surface area (Å²) in [5.74, 6) is -1.10. The van der Waals surface area contributed by atoms with Gasteiger partial charge in [0.15, 0.2) is 0 Å². The molecule has 5 heteroatoms. The van der Waals surface area contributed by atoms with Crippen LogP contribution < -0.4 is 5.69 Å². The van der Waals surface area contributed by atoms with Gasteiger partial charge in [-0.2, -0.15) is 4.98 Å². The minimum atomic E-state index is -1.10. The summed E-state index contributed by atoms with van der Waals surface area (Å²) in [5, 5.41) is 9.23. The number of nitrogens with zero attached hydrogens (tertiary/aromatic N) is 1. The van der Waals surface area contributed by atoms with E-state index in [1.54, 1.807) is 19.1 Å². The molecule has 18 heavy (non-hydrogen) atoms. The molecule has 0 saturated heterocycles. The topological polar surface area (TPSA) is 83.0 Å². The standard InChI is InChI=1S/C13H12N2O3/c1-7-5-3-4-6-9(7)11-10(12(16)17)8(2)14-13(18)15-11/h3-6H,1-2H3,(H,16,17)(H,14,15,18). The molecule has 1 aromatic carbocycles. The fourth-order valence-corrected chi connectivity index (χ4v) is 1.88. The van der Waals surface area contributed by atoms with Crippen molar-refractivity contribution in [2.24, 2.45) is 0 Å². The van der Waals surface area contributed by atoms with Crippen molar-refractivity contribution in [1.82, 2.24) is 9.97 Å². The zero-order chi connectivity index (χ0) is 13.3. The first kappa shape index (κ1) is 12.0. The quantitative estimate of drug-likeness (QED) is 0.843. The number of hydrogen-bond acceptors (Lipinski definition) is 3. The third-order valence-corrected chi connectivity index (χ3v) is 2.73. The maximum atomic E-state index is 11.4. The predicted octanol–water partition coefficient (Wildman–Crippen LogP) is 1.75. The lowest BCUT2D eigenvalue weighted by atomic mass is 10.0. The van der Waals surface area contributed by atoms with E-state index < -0.39 is 11.7 Å². The molecule has 2 aromatic rings. The maximum absolute atomic E-state index is 11.4. The van der Waals surface area contributed by atoms with E-state index >= 15 is 0 Å². The molecule has 92 valence electrons. The number of aromatic carboxylic acids is 1. The number of rotatable bonds is 2. The van der Waals surface area contributed by atoms with Crippen molar-refractivity contribution in [3.05, 3.63) is 51.6 Å². The molecule has 0 unspecified atom stereocenters. The summed E-state index contributed by atoms with van der Waals surface area (Å²) in [6.07, 6.45) is 0. The van der Waals surface area contributed by atoms with Crippen molar-refractivity contribution >= 4 is 5.97 Å². The highest BCUT2D eigenvalue weighted by Gasteiger charge is 2.18. The summed E-state index contributed by atoms with van der Waals surface area (Å²) in [6.45, 7) is 3.40. The Morgan fingerprint density at radius 1 is 1.28 bits per heavy atom. The van der Waals surface area contributed by atoms with Gasteiger partial charge in [0.05, 0.1) is 5.69 Å². The summed E-state index contributed by atoms with van der Waals surface area (Å²) >= 11 is 0. The van der Waals surface area contributed by atoms with Gasteiger partial charge < -0.3 is 10.1 Å². The number of H-pyrrole nitrogens is 1. The molecule has 0 saturated carbocycles. The van der Waals surface area contributed by atoms with E-state index in [1.165, 1.54) is 0 Å². The van der Waals surface area contributed by atoms with Crippen molar-refractivity contribution in [2.75, 3.05) is 0 Å². The normalized spacial score (nSPS) is 10.3. The van der Waals surface area contributed by atoms with Crippen LogP contribution in [-0.2, 0) is 0 Å². The summed E-state index contributed by atoms with van der Waals surface area (Å²) < 4.78 is 0. The van der Waals surface area contributed by atoms with Gasteiger partial charge >= 0.3 is 11.7 Å². The van der Waals surface area contributed by atoms with Crippen LogP contribution in [0.3, 0.4) is 0 Å². The second-order valence-electron chi connectivity index (χ2n) is 4.01. The Morgan fingerprint density at radius 2 is 1.94 bits per heavy atom. The molecule has 0 amide bonds. The molecule has 0 aliphatic carbocycles. The van der Waals surface area contributed by atoms with Crippen molar-refractivity contribution in [2.45, 2.75) is 13.8 Å². The Bertz CT molecular complexity index is 674. The summed E-state index contributed by atoms with van der Waals surface area (Å²) in [6, 6.07) is 7.23. The Labute approximate surface area is 103 Å². The molecule has 0 fully saturated rings. The average Bonchev–Trinajstić information content (AvgIpc) is 2.27. The van der Waals surface area contributed by atoms with Crippen molar-refractivity contribution in [3.63, 3.8) is 0 Å². The van der Waals surface area contributed by atoms with Crippen LogP contribution in [0.1, 0.15) is 21.6 Å². The lowest BCUT2D eigenvalue weighted by Gasteiger charge is -2.09. The van der Waals surface area contributed by atoms with Crippen LogP contribution in [0.15, 0.2) is 29.1 Å². The van der Waals surface area contributed by atoms with Gasteiger partial charge in [-0.15, -0.1) is 0 Å². The molecule has 0 atom stereocenters. The van der Waals surface area contributed by atoms with E-state index in [4.69, 9.17) is 0 Å². The molecule has 1 heterocycles. The minimum absolute atomic E-state index is 0.0314. The molecule has 0 aliphatic rings. The van der Waals surface area contributed by atoms with Gasteiger partial charge in [-0.25, -0.2) is 9.59 Å². The monoisotopic (exact) mass is 244 g/mol. The number of carboxylic acids is 1. The van der Waals surface area contributed by atoms with E-state index in [2.05, 4.69) is 9.97 Å². The zero-order valence-electron chi connectivity index (χ0n) is 10.0. The van der Waals surface area contributed by atoms with Gasteiger partial charge in [-0.05, 0) is 19.4 Å². The van der Waals surface area contributed by atoms with E-state index in [-0.39, 0.29) is 11.3 Å². The zero-order valence-corrected chi connectivity index (χ0v) is 10.0. The number of aromatic amines is 1. The van der Waals surface area contributed by atoms with Crippen molar-refractivity contribution in [3.8, 4) is 11.3 Å². The number of aryl methyl sites for hydroxylation is 2.